The van der Waals surface area contributed by atoms with Gasteiger partial charge in [0.1, 0.15) is 5.75 Å². The van der Waals surface area contributed by atoms with E-state index >= 15 is 0 Å². The highest BCUT2D eigenvalue weighted by Crippen LogP contribution is 2.18. The van der Waals surface area contributed by atoms with Gasteiger partial charge in [0.25, 0.3) is 5.91 Å². The van der Waals surface area contributed by atoms with Crippen LogP contribution in [0.5, 0.6) is 5.75 Å². The Morgan fingerprint density at radius 1 is 1.25 bits per heavy atom. The van der Waals surface area contributed by atoms with Crippen LogP contribution < -0.4 is 10.5 Å². The molecule has 20 heavy (non-hydrogen) atoms. The first-order chi connectivity index (χ1) is 9.70. The van der Waals surface area contributed by atoms with Crippen LogP contribution in [0, 0.1) is 0 Å². The van der Waals surface area contributed by atoms with E-state index in [1.54, 1.807) is 0 Å². The van der Waals surface area contributed by atoms with Crippen molar-refractivity contribution < 1.29 is 9.53 Å². The highest BCUT2D eigenvalue weighted by molar-refractivity contribution is 5.78. The smallest absolute Gasteiger partial charge is 0.260 e. The number of carbonyl (C=O) groups is 1. The number of piperazine rings is 1. The Bertz CT molecular complexity index is 442. The Morgan fingerprint density at radius 2 is 1.95 bits per heavy atom. The third-order valence-corrected chi connectivity index (χ3v) is 3.59. The minimum atomic E-state index is 0.0562. The number of ether oxygens (including phenoxy) is 1. The summed E-state index contributed by atoms with van der Waals surface area (Å²) in [5.74, 6) is 0.820. The Labute approximate surface area is 120 Å². The van der Waals surface area contributed by atoms with E-state index in [1.165, 1.54) is 0 Å². The van der Waals surface area contributed by atoms with Crippen LogP contribution in [0.25, 0.3) is 0 Å². The first kappa shape index (κ1) is 14.8. The van der Waals surface area contributed by atoms with E-state index in [9.17, 15) is 4.79 Å². The van der Waals surface area contributed by atoms with Crippen molar-refractivity contribution in [1.29, 1.82) is 0 Å². The van der Waals surface area contributed by atoms with Crippen molar-refractivity contribution in [2.45, 2.75) is 6.42 Å². The monoisotopic (exact) mass is 277 g/mol. The van der Waals surface area contributed by atoms with Crippen molar-refractivity contribution in [2.75, 3.05) is 46.4 Å². The molecule has 1 aliphatic rings. The molecule has 2 rings (SSSR count). The lowest BCUT2D eigenvalue weighted by atomic mass is 10.1. The summed E-state index contributed by atoms with van der Waals surface area (Å²) in [5, 5.41) is 0. The lowest BCUT2D eigenvalue weighted by Crippen LogP contribution is -2.48. The molecule has 1 aromatic carbocycles. The molecular weight excluding hydrogens is 254 g/mol. The number of benzene rings is 1. The van der Waals surface area contributed by atoms with Gasteiger partial charge in [-0.25, -0.2) is 0 Å². The zero-order chi connectivity index (χ0) is 14.4. The van der Waals surface area contributed by atoms with E-state index in [2.05, 4.69) is 11.9 Å². The second kappa shape index (κ2) is 7.26. The molecule has 0 aromatic heterocycles. The molecule has 1 aliphatic heterocycles. The van der Waals surface area contributed by atoms with E-state index < -0.39 is 0 Å². The molecule has 0 saturated carbocycles. The molecule has 0 bridgehead atoms. The number of amides is 1. The van der Waals surface area contributed by atoms with Gasteiger partial charge in [-0.2, -0.15) is 0 Å². The van der Waals surface area contributed by atoms with Gasteiger partial charge in [0, 0.05) is 26.2 Å². The molecule has 1 saturated heterocycles. The highest BCUT2D eigenvalue weighted by Gasteiger charge is 2.19. The molecule has 0 spiro atoms. The maximum absolute atomic E-state index is 12.1. The van der Waals surface area contributed by atoms with Crippen LogP contribution in [0.3, 0.4) is 0 Å². The summed E-state index contributed by atoms with van der Waals surface area (Å²) < 4.78 is 5.67. The van der Waals surface area contributed by atoms with Crippen molar-refractivity contribution >= 4 is 5.91 Å². The SMILES string of the molecule is CN1CCN(C(=O)COc2ccccc2CCN)CC1. The topological polar surface area (TPSA) is 58.8 Å². The molecule has 1 aromatic rings. The molecule has 0 aliphatic carbocycles. The standard InChI is InChI=1S/C15H23N3O2/c1-17-8-10-18(11-9-17)15(19)12-20-14-5-3-2-4-13(14)6-7-16/h2-5H,6-12,16H2,1H3. The van der Waals surface area contributed by atoms with Gasteiger partial charge in [0.05, 0.1) is 0 Å². The number of nitrogens with two attached hydrogens (primary N) is 1. The van der Waals surface area contributed by atoms with Crippen molar-refractivity contribution in [3.05, 3.63) is 29.8 Å². The second-order valence-corrected chi connectivity index (χ2v) is 5.12. The maximum atomic E-state index is 12.1. The first-order valence-electron chi connectivity index (χ1n) is 7.08. The van der Waals surface area contributed by atoms with Gasteiger partial charge in [0.15, 0.2) is 6.61 Å². The third-order valence-electron chi connectivity index (χ3n) is 3.59. The van der Waals surface area contributed by atoms with Gasteiger partial charge >= 0.3 is 0 Å². The van der Waals surface area contributed by atoms with Gasteiger partial charge in [-0.3, -0.25) is 4.79 Å². The van der Waals surface area contributed by atoms with Gasteiger partial charge in [-0.15, -0.1) is 0 Å². The summed E-state index contributed by atoms with van der Waals surface area (Å²) in [6.07, 6.45) is 0.763. The van der Waals surface area contributed by atoms with E-state index in [4.69, 9.17) is 10.5 Å². The lowest BCUT2D eigenvalue weighted by molar-refractivity contribution is -0.134. The van der Waals surface area contributed by atoms with Crippen LogP contribution in [0.1, 0.15) is 5.56 Å². The number of rotatable bonds is 5. The summed E-state index contributed by atoms with van der Waals surface area (Å²) in [6, 6.07) is 7.75. The first-order valence-corrected chi connectivity index (χ1v) is 7.08. The average molecular weight is 277 g/mol. The molecule has 5 heteroatoms. The van der Waals surface area contributed by atoms with E-state index in [-0.39, 0.29) is 12.5 Å². The minimum absolute atomic E-state index is 0.0562. The molecule has 1 heterocycles. The van der Waals surface area contributed by atoms with E-state index in [0.717, 1.165) is 43.9 Å². The van der Waals surface area contributed by atoms with Crippen molar-refractivity contribution in [1.82, 2.24) is 9.80 Å². The van der Waals surface area contributed by atoms with Crippen molar-refractivity contribution in [3.63, 3.8) is 0 Å². The van der Waals surface area contributed by atoms with Gasteiger partial charge in [-0.05, 0) is 31.6 Å². The lowest BCUT2D eigenvalue weighted by Gasteiger charge is -2.32. The zero-order valence-electron chi connectivity index (χ0n) is 12.0. The predicted octanol–water partition coefficient (Wildman–Crippen LogP) is 0.341. The molecule has 0 radical (unpaired) electrons. The quantitative estimate of drug-likeness (QED) is 0.843. The Kier molecular flexibility index (Phi) is 5.38. The number of hydrogen-bond donors (Lipinski definition) is 1. The van der Waals surface area contributed by atoms with Crippen LogP contribution in [0.2, 0.25) is 0 Å². The molecule has 1 amide bonds. The number of carbonyl (C=O) groups excluding carboxylic acids is 1. The normalized spacial score (nSPS) is 16.2. The summed E-state index contributed by atoms with van der Waals surface area (Å²) in [6.45, 7) is 4.09. The summed E-state index contributed by atoms with van der Waals surface area (Å²) >= 11 is 0. The van der Waals surface area contributed by atoms with Crippen LogP contribution in [-0.2, 0) is 11.2 Å². The highest BCUT2D eigenvalue weighted by atomic mass is 16.5. The predicted molar refractivity (Wildman–Crippen MR) is 78.8 cm³/mol. The van der Waals surface area contributed by atoms with E-state index in [0.29, 0.717) is 6.54 Å². The van der Waals surface area contributed by atoms with Crippen LogP contribution >= 0.6 is 0 Å². The number of hydrogen-bond acceptors (Lipinski definition) is 4. The number of likely N-dealkylation sites (N-methyl/N-ethyl adjacent to an activating group) is 1. The third kappa shape index (κ3) is 3.95. The number of nitrogens with zero attached hydrogens (tertiary/aromatic N) is 2. The van der Waals surface area contributed by atoms with Crippen molar-refractivity contribution in [2.24, 2.45) is 5.73 Å². The molecule has 2 N–H and O–H groups in total. The minimum Gasteiger partial charge on any atom is -0.483 e. The Hall–Kier alpha value is -1.59. The molecular formula is C15H23N3O2. The molecule has 1 fully saturated rings. The molecule has 0 unspecified atom stereocenters. The van der Waals surface area contributed by atoms with Gasteiger partial charge in [-0.1, -0.05) is 18.2 Å². The summed E-state index contributed by atoms with van der Waals surface area (Å²) in [5.41, 5.74) is 6.64. The van der Waals surface area contributed by atoms with Gasteiger partial charge in [0.2, 0.25) is 0 Å². The summed E-state index contributed by atoms with van der Waals surface area (Å²) in [4.78, 5) is 16.2. The Morgan fingerprint density at radius 3 is 2.65 bits per heavy atom. The van der Waals surface area contributed by atoms with E-state index in [1.807, 2.05) is 29.2 Å². The fourth-order valence-corrected chi connectivity index (χ4v) is 2.29. The number of para-hydroxylation sites is 1. The fraction of sp³-hybridized carbons (Fsp3) is 0.533. The van der Waals surface area contributed by atoms with Gasteiger partial charge < -0.3 is 20.3 Å². The molecule has 0 atom stereocenters. The zero-order valence-corrected chi connectivity index (χ0v) is 12.0. The average Bonchev–Trinajstić information content (AvgIpc) is 2.47. The van der Waals surface area contributed by atoms with Crippen molar-refractivity contribution in [3.8, 4) is 5.75 Å². The molecule has 110 valence electrons. The van der Waals surface area contributed by atoms with Crippen LogP contribution in [-0.4, -0.2) is 62.1 Å². The maximum Gasteiger partial charge on any atom is 0.260 e. The fourth-order valence-electron chi connectivity index (χ4n) is 2.29. The molecule has 5 nitrogen and oxygen atoms in total. The largest absolute Gasteiger partial charge is 0.483 e. The van der Waals surface area contributed by atoms with Crippen LogP contribution in [0.15, 0.2) is 24.3 Å². The van der Waals surface area contributed by atoms with Crippen LogP contribution in [0.4, 0.5) is 0 Å². The summed E-state index contributed by atoms with van der Waals surface area (Å²) in [7, 11) is 2.07. The Balaban J connectivity index is 1.87. The second-order valence-electron chi connectivity index (χ2n) is 5.12.